The highest BCUT2D eigenvalue weighted by Gasteiger charge is 2.20. The van der Waals surface area contributed by atoms with E-state index in [-0.39, 0.29) is 11.8 Å². The monoisotopic (exact) mass is 373 g/mol. The summed E-state index contributed by atoms with van der Waals surface area (Å²) in [4.78, 5) is 31.0. The number of halogens is 1. The molecule has 1 aliphatic rings. The Morgan fingerprint density at radius 3 is 2.58 bits per heavy atom. The molecule has 3 rings (SSSR count). The van der Waals surface area contributed by atoms with Crippen molar-refractivity contribution in [3.8, 4) is 5.75 Å². The van der Waals surface area contributed by atoms with Crippen LogP contribution in [-0.4, -0.2) is 41.9 Å². The largest absolute Gasteiger partial charge is 0.495 e. The van der Waals surface area contributed by atoms with Crippen LogP contribution in [0.2, 0.25) is 5.02 Å². The van der Waals surface area contributed by atoms with Crippen molar-refractivity contribution in [2.24, 2.45) is 0 Å². The van der Waals surface area contributed by atoms with Crippen LogP contribution in [-0.2, 0) is 0 Å². The van der Waals surface area contributed by atoms with E-state index in [0.29, 0.717) is 27.6 Å². The van der Waals surface area contributed by atoms with Gasteiger partial charge in [-0.25, -0.2) is 0 Å². The highest BCUT2D eigenvalue weighted by Crippen LogP contribution is 2.28. The molecule has 0 saturated carbocycles. The number of anilines is 1. The molecule has 1 N–H and O–H groups in total. The number of methoxy groups -OCH3 is 1. The third-order valence-corrected chi connectivity index (χ3v) is 4.54. The lowest BCUT2D eigenvalue weighted by Gasteiger charge is -2.26. The normalized spacial score (nSPS) is 14.0. The first-order chi connectivity index (χ1) is 12.6. The van der Waals surface area contributed by atoms with E-state index in [9.17, 15) is 9.59 Å². The number of pyridine rings is 1. The van der Waals surface area contributed by atoms with Gasteiger partial charge in [0.25, 0.3) is 11.8 Å². The summed E-state index contributed by atoms with van der Waals surface area (Å²) in [5, 5.41) is 3.23. The van der Waals surface area contributed by atoms with Crippen LogP contribution in [0.5, 0.6) is 5.75 Å². The quantitative estimate of drug-likeness (QED) is 0.888. The van der Waals surface area contributed by atoms with Crippen LogP contribution in [0.4, 0.5) is 5.69 Å². The summed E-state index contributed by atoms with van der Waals surface area (Å²) in [5.41, 5.74) is 1.17. The predicted octanol–water partition coefficient (Wildman–Crippen LogP) is 3.62. The molecule has 0 bridgehead atoms. The van der Waals surface area contributed by atoms with Gasteiger partial charge in [-0.15, -0.1) is 0 Å². The molecule has 0 unspecified atom stereocenters. The molecule has 1 saturated heterocycles. The van der Waals surface area contributed by atoms with Crippen molar-refractivity contribution in [1.29, 1.82) is 0 Å². The molecular formula is C19H20ClN3O3. The van der Waals surface area contributed by atoms with Crippen LogP contribution < -0.4 is 10.1 Å². The first kappa shape index (κ1) is 18.2. The van der Waals surface area contributed by atoms with E-state index >= 15 is 0 Å². The Bertz CT molecular complexity index is 819. The van der Waals surface area contributed by atoms with Crippen LogP contribution in [0.15, 0.2) is 36.7 Å². The molecule has 1 aliphatic heterocycles. The zero-order chi connectivity index (χ0) is 18.5. The molecule has 6 nitrogen and oxygen atoms in total. The van der Waals surface area contributed by atoms with Gasteiger partial charge in [-0.3, -0.25) is 14.6 Å². The number of amides is 2. The van der Waals surface area contributed by atoms with Crippen molar-refractivity contribution < 1.29 is 14.3 Å². The lowest BCUT2D eigenvalue weighted by atomic mass is 10.1. The fourth-order valence-corrected chi connectivity index (χ4v) is 3.11. The predicted molar refractivity (Wildman–Crippen MR) is 99.9 cm³/mol. The summed E-state index contributed by atoms with van der Waals surface area (Å²) < 4.78 is 5.23. The maximum absolute atomic E-state index is 12.6. The Balaban J connectivity index is 1.78. The number of carbonyl (C=O) groups is 2. The molecule has 136 valence electrons. The number of benzene rings is 1. The van der Waals surface area contributed by atoms with Gasteiger partial charge in [0.05, 0.1) is 23.9 Å². The van der Waals surface area contributed by atoms with Crippen molar-refractivity contribution in [2.45, 2.75) is 19.3 Å². The maximum Gasteiger partial charge on any atom is 0.257 e. The van der Waals surface area contributed by atoms with Gasteiger partial charge >= 0.3 is 0 Å². The van der Waals surface area contributed by atoms with E-state index < -0.39 is 0 Å². The SMILES string of the molecule is COc1ccc(Cl)cc1NC(=O)c1cncc(C(=O)N2CCCCC2)c1. The summed E-state index contributed by atoms with van der Waals surface area (Å²) in [6.45, 7) is 1.49. The van der Waals surface area contributed by atoms with Crippen molar-refractivity contribution in [2.75, 3.05) is 25.5 Å². The van der Waals surface area contributed by atoms with Gasteiger partial charge in [-0.05, 0) is 43.5 Å². The number of aromatic nitrogens is 1. The number of carbonyl (C=O) groups excluding carboxylic acids is 2. The zero-order valence-corrected chi connectivity index (χ0v) is 15.3. The standard InChI is InChI=1S/C19H20ClN3O3/c1-26-17-6-5-15(20)10-16(17)22-18(24)13-9-14(12-21-11-13)19(25)23-7-3-2-4-8-23/h5-6,9-12H,2-4,7-8H2,1H3,(H,22,24). The van der Waals surface area contributed by atoms with Crippen LogP contribution in [0.25, 0.3) is 0 Å². The average molecular weight is 374 g/mol. The van der Waals surface area contributed by atoms with Crippen molar-refractivity contribution in [3.05, 3.63) is 52.8 Å². The summed E-state index contributed by atoms with van der Waals surface area (Å²) in [5.74, 6) is 0.0230. The van der Waals surface area contributed by atoms with E-state index in [0.717, 1.165) is 32.4 Å². The topological polar surface area (TPSA) is 71.5 Å². The lowest BCUT2D eigenvalue weighted by molar-refractivity contribution is 0.0724. The van der Waals surface area contributed by atoms with E-state index in [1.165, 1.54) is 19.5 Å². The van der Waals surface area contributed by atoms with Gasteiger partial charge in [-0.1, -0.05) is 11.6 Å². The number of piperidine rings is 1. The molecule has 2 heterocycles. The number of ether oxygens (including phenoxy) is 1. The van der Waals surface area contributed by atoms with Gasteiger partial charge in [0, 0.05) is 30.5 Å². The molecule has 0 radical (unpaired) electrons. The summed E-state index contributed by atoms with van der Waals surface area (Å²) >= 11 is 5.99. The first-order valence-electron chi connectivity index (χ1n) is 8.47. The molecule has 2 amide bonds. The lowest BCUT2D eigenvalue weighted by Crippen LogP contribution is -2.35. The van der Waals surface area contributed by atoms with Crippen molar-refractivity contribution in [1.82, 2.24) is 9.88 Å². The number of hydrogen-bond acceptors (Lipinski definition) is 4. The number of likely N-dealkylation sites (tertiary alicyclic amines) is 1. The third kappa shape index (κ3) is 4.14. The second kappa shape index (κ2) is 8.19. The molecule has 1 fully saturated rings. The van der Waals surface area contributed by atoms with E-state index in [4.69, 9.17) is 16.3 Å². The van der Waals surface area contributed by atoms with Crippen LogP contribution >= 0.6 is 11.6 Å². The summed E-state index contributed by atoms with van der Waals surface area (Å²) in [6.07, 6.45) is 6.08. The molecule has 1 aromatic heterocycles. The molecule has 2 aromatic rings. The van der Waals surface area contributed by atoms with Crippen molar-refractivity contribution in [3.63, 3.8) is 0 Å². The number of rotatable bonds is 4. The highest BCUT2D eigenvalue weighted by atomic mass is 35.5. The van der Waals surface area contributed by atoms with Crippen LogP contribution in [0.3, 0.4) is 0 Å². The summed E-state index contributed by atoms with van der Waals surface area (Å²) in [7, 11) is 1.51. The second-order valence-corrected chi connectivity index (χ2v) is 6.55. The summed E-state index contributed by atoms with van der Waals surface area (Å²) in [6, 6.07) is 6.52. The molecule has 1 aromatic carbocycles. The number of nitrogens with zero attached hydrogens (tertiary/aromatic N) is 2. The molecule has 0 spiro atoms. The second-order valence-electron chi connectivity index (χ2n) is 6.11. The highest BCUT2D eigenvalue weighted by molar-refractivity contribution is 6.31. The van der Waals surface area contributed by atoms with Gasteiger partial charge in [0.2, 0.25) is 0 Å². The zero-order valence-electron chi connectivity index (χ0n) is 14.5. The Hall–Kier alpha value is -2.60. The van der Waals surface area contributed by atoms with Gasteiger partial charge in [0.1, 0.15) is 5.75 Å². The van der Waals surface area contributed by atoms with E-state index in [2.05, 4.69) is 10.3 Å². The molecule has 0 atom stereocenters. The average Bonchev–Trinajstić information content (AvgIpc) is 2.68. The van der Waals surface area contributed by atoms with Gasteiger partial charge in [-0.2, -0.15) is 0 Å². The van der Waals surface area contributed by atoms with Gasteiger partial charge < -0.3 is 15.0 Å². The van der Waals surface area contributed by atoms with Gasteiger partial charge in [0.15, 0.2) is 0 Å². The fraction of sp³-hybridized carbons (Fsp3) is 0.316. The maximum atomic E-state index is 12.6. The molecule has 26 heavy (non-hydrogen) atoms. The fourth-order valence-electron chi connectivity index (χ4n) is 2.93. The van der Waals surface area contributed by atoms with Crippen molar-refractivity contribution >= 4 is 29.1 Å². The first-order valence-corrected chi connectivity index (χ1v) is 8.85. The smallest absolute Gasteiger partial charge is 0.257 e. The minimum absolute atomic E-state index is 0.0906. The molecule has 7 heteroatoms. The number of nitrogens with one attached hydrogen (secondary N) is 1. The Morgan fingerprint density at radius 2 is 1.85 bits per heavy atom. The minimum Gasteiger partial charge on any atom is -0.495 e. The van der Waals surface area contributed by atoms with E-state index in [1.807, 2.05) is 4.90 Å². The van der Waals surface area contributed by atoms with Crippen LogP contribution in [0.1, 0.15) is 40.0 Å². The number of hydrogen-bond donors (Lipinski definition) is 1. The van der Waals surface area contributed by atoms with Crippen LogP contribution in [0, 0.1) is 0 Å². The Labute approximate surface area is 157 Å². The third-order valence-electron chi connectivity index (χ3n) is 4.30. The minimum atomic E-state index is -0.383. The molecular weight excluding hydrogens is 354 g/mol. The Morgan fingerprint density at radius 1 is 1.12 bits per heavy atom. The Kier molecular flexibility index (Phi) is 5.73. The molecule has 0 aliphatic carbocycles. The van der Waals surface area contributed by atoms with E-state index in [1.54, 1.807) is 24.3 Å².